The maximum Gasteiger partial charge on any atom is 0.0275 e. The van der Waals surface area contributed by atoms with Gasteiger partial charge in [-0.05, 0) is 31.2 Å². The first-order chi connectivity index (χ1) is 7.31. The van der Waals surface area contributed by atoms with Crippen LogP contribution in [-0.2, 0) is 0 Å². The highest BCUT2D eigenvalue weighted by Gasteiger charge is 2.24. The van der Waals surface area contributed by atoms with E-state index >= 15 is 0 Å². The van der Waals surface area contributed by atoms with Crippen LogP contribution >= 0.6 is 0 Å². The van der Waals surface area contributed by atoms with E-state index in [9.17, 15) is 0 Å². The van der Waals surface area contributed by atoms with Crippen molar-refractivity contribution >= 4 is 0 Å². The normalized spacial score (nSPS) is 28.7. The van der Waals surface area contributed by atoms with Crippen molar-refractivity contribution in [3.05, 3.63) is 12.7 Å². The van der Waals surface area contributed by atoms with Crippen LogP contribution in [0, 0.1) is 11.8 Å². The average Bonchev–Trinajstić information content (AvgIpc) is 2.28. The predicted molar refractivity (Wildman–Crippen MR) is 68.0 cm³/mol. The van der Waals surface area contributed by atoms with Crippen molar-refractivity contribution in [1.29, 1.82) is 0 Å². The summed E-state index contributed by atoms with van der Waals surface area (Å²) in [6.45, 7) is 9.49. The largest absolute Gasteiger partial charge is 0.311 e. The molecule has 0 heterocycles. The molecule has 1 N–H and O–H groups in total. The fraction of sp³-hybridized carbons (Fsp3) is 0.857. The molecule has 0 amide bonds. The zero-order valence-corrected chi connectivity index (χ0v) is 10.5. The molecule has 1 aliphatic rings. The molecule has 88 valence electrons. The molecule has 0 saturated heterocycles. The topological polar surface area (TPSA) is 12.0 Å². The summed E-state index contributed by atoms with van der Waals surface area (Å²) in [5.41, 5.74) is 0. The van der Waals surface area contributed by atoms with E-state index in [0.717, 1.165) is 18.4 Å². The summed E-state index contributed by atoms with van der Waals surface area (Å²) in [7, 11) is 0. The lowest BCUT2D eigenvalue weighted by Gasteiger charge is -2.32. The highest BCUT2D eigenvalue weighted by molar-refractivity contribution is 4.92. The van der Waals surface area contributed by atoms with Crippen LogP contribution in [0.2, 0.25) is 0 Å². The molecule has 0 aromatic heterocycles. The molecular formula is C14H27N. The molecule has 1 fully saturated rings. The SMILES string of the molecule is C=CC(NCC)C1CCC(CCC)CC1. The van der Waals surface area contributed by atoms with E-state index < -0.39 is 0 Å². The molecule has 15 heavy (non-hydrogen) atoms. The smallest absolute Gasteiger partial charge is 0.0275 e. The van der Waals surface area contributed by atoms with E-state index in [1.807, 2.05) is 0 Å². The van der Waals surface area contributed by atoms with Gasteiger partial charge < -0.3 is 5.32 Å². The Kier molecular flexibility index (Phi) is 6.00. The number of rotatable bonds is 6. The first kappa shape index (κ1) is 12.8. The van der Waals surface area contributed by atoms with Gasteiger partial charge in [-0.15, -0.1) is 6.58 Å². The van der Waals surface area contributed by atoms with Crippen LogP contribution in [0.25, 0.3) is 0 Å². The van der Waals surface area contributed by atoms with Gasteiger partial charge in [0.1, 0.15) is 0 Å². The van der Waals surface area contributed by atoms with Crippen LogP contribution in [0.4, 0.5) is 0 Å². The minimum absolute atomic E-state index is 0.553. The number of hydrogen-bond donors (Lipinski definition) is 1. The van der Waals surface area contributed by atoms with Crippen molar-refractivity contribution in [3.63, 3.8) is 0 Å². The zero-order chi connectivity index (χ0) is 11.1. The van der Waals surface area contributed by atoms with Gasteiger partial charge >= 0.3 is 0 Å². The Morgan fingerprint density at radius 1 is 1.27 bits per heavy atom. The van der Waals surface area contributed by atoms with Gasteiger partial charge in [0.05, 0.1) is 0 Å². The molecule has 0 aliphatic heterocycles. The van der Waals surface area contributed by atoms with Crippen LogP contribution in [-0.4, -0.2) is 12.6 Å². The van der Waals surface area contributed by atoms with E-state index in [1.165, 1.54) is 38.5 Å². The van der Waals surface area contributed by atoms with Gasteiger partial charge in [0.25, 0.3) is 0 Å². The molecule has 0 aromatic rings. The number of likely N-dealkylation sites (N-methyl/N-ethyl adjacent to an activating group) is 1. The van der Waals surface area contributed by atoms with Crippen molar-refractivity contribution in [2.45, 2.75) is 58.4 Å². The minimum atomic E-state index is 0.553. The Balaban J connectivity index is 2.31. The maximum atomic E-state index is 3.95. The predicted octanol–water partition coefficient (Wildman–Crippen LogP) is 3.76. The molecule has 0 bridgehead atoms. The van der Waals surface area contributed by atoms with Crippen molar-refractivity contribution in [1.82, 2.24) is 5.32 Å². The summed E-state index contributed by atoms with van der Waals surface area (Å²) in [6.07, 6.45) is 10.6. The van der Waals surface area contributed by atoms with Crippen molar-refractivity contribution < 1.29 is 0 Å². The third kappa shape index (κ3) is 3.98. The van der Waals surface area contributed by atoms with Crippen LogP contribution in [0.1, 0.15) is 52.4 Å². The first-order valence-electron chi connectivity index (χ1n) is 6.67. The lowest BCUT2D eigenvalue weighted by atomic mass is 9.77. The molecule has 1 saturated carbocycles. The minimum Gasteiger partial charge on any atom is -0.311 e. The lowest BCUT2D eigenvalue weighted by Crippen LogP contribution is -2.36. The van der Waals surface area contributed by atoms with E-state index in [2.05, 4.69) is 31.8 Å². The molecule has 1 nitrogen and oxygen atoms in total. The van der Waals surface area contributed by atoms with Gasteiger partial charge in [-0.1, -0.05) is 45.6 Å². The Morgan fingerprint density at radius 2 is 1.93 bits per heavy atom. The molecule has 0 radical (unpaired) electrons. The Morgan fingerprint density at radius 3 is 2.40 bits per heavy atom. The summed E-state index contributed by atoms with van der Waals surface area (Å²) in [6, 6.07) is 0.553. The first-order valence-corrected chi connectivity index (χ1v) is 6.67. The van der Waals surface area contributed by atoms with Gasteiger partial charge in [0.2, 0.25) is 0 Å². The Labute approximate surface area is 95.3 Å². The number of hydrogen-bond acceptors (Lipinski definition) is 1. The highest BCUT2D eigenvalue weighted by atomic mass is 14.9. The fourth-order valence-electron chi connectivity index (χ4n) is 2.92. The van der Waals surface area contributed by atoms with Gasteiger partial charge in [-0.2, -0.15) is 0 Å². The molecule has 0 spiro atoms. The quantitative estimate of drug-likeness (QED) is 0.657. The van der Waals surface area contributed by atoms with Crippen LogP contribution in [0.3, 0.4) is 0 Å². The monoisotopic (exact) mass is 209 g/mol. The lowest BCUT2D eigenvalue weighted by molar-refractivity contribution is 0.234. The second kappa shape index (κ2) is 7.05. The van der Waals surface area contributed by atoms with E-state index in [0.29, 0.717) is 6.04 Å². The standard InChI is InChI=1S/C14H27N/c1-4-7-12-8-10-13(11-9-12)14(5-2)15-6-3/h5,12-15H,2,4,6-11H2,1,3H3. The second-order valence-corrected chi connectivity index (χ2v) is 4.89. The van der Waals surface area contributed by atoms with Gasteiger partial charge in [0.15, 0.2) is 0 Å². The van der Waals surface area contributed by atoms with E-state index in [-0.39, 0.29) is 0 Å². The summed E-state index contributed by atoms with van der Waals surface area (Å²) in [5, 5.41) is 3.53. The molecule has 1 rings (SSSR count). The summed E-state index contributed by atoms with van der Waals surface area (Å²) >= 11 is 0. The van der Waals surface area contributed by atoms with E-state index in [4.69, 9.17) is 0 Å². The summed E-state index contributed by atoms with van der Waals surface area (Å²) in [5.74, 6) is 1.86. The van der Waals surface area contributed by atoms with Crippen molar-refractivity contribution in [3.8, 4) is 0 Å². The van der Waals surface area contributed by atoms with Crippen LogP contribution in [0.5, 0.6) is 0 Å². The van der Waals surface area contributed by atoms with Gasteiger partial charge in [-0.3, -0.25) is 0 Å². The third-order valence-electron chi connectivity index (χ3n) is 3.79. The van der Waals surface area contributed by atoms with Crippen molar-refractivity contribution in [2.24, 2.45) is 11.8 Å². The third-order valence-corrected chi connectivity index (χ3v) is 3.79. The summed E-state index contributed by atoms with van der Waals surface area (Å²) < 4.78 is 0. The highest BCUT2D eigenvalue weighted by Crippen LogP contribution is 2.33. The molecule has 1 aliphatic carbocycles. The van der Waals surface area contributed by atoms with Gasteiger partial charge in [0, 0.05) is 6.04 Å². The van der Waals surface area contributed by atoms with Crippen LogP contribution < -0.4 is 5.32 Å². The Bertz CT molecular complexity index is 168. The molecule has 1 heteroatoms. The maximum absolute atomic E-state index is 3.95. The zero-order valence-electron chi connectivity index (χ0n) is 10.5. The summed E-state index contributed by atoms with van der Waals surface area (Å²) in [4.78, 5) is 0. The van der Waals surface area contributed by atoms with Gasteiger partial charge in [-0.25, -0.2) is 0 Å². The fourth-order valence-corrected chi connectivity index (χ4v) is 2.92. The second-order valence-electron chi connectivity index (χ2n) is 4.89. The average molecular weight is 209 g/mol. The molecular weight excluding hydrogens is 182 g/mol. The van der Waals surface area contributed by atoms with E-state index in [1.54, 1.807) is 0 Å². The van der Waals surface area contributed by atoms with Crippen molar-refractivity contribution in [2.75, 3.05) is 6.54 Å². The molecule has 1 atom stereocenters. The Hall–Kier alpha value is -0.300. The number of nitrogens with one attached hydrogen (secondary N) is 1. The molecule has 1 unspecified atom stereocenters. The molecule has 0 aromatic carbocycles. The van der Waals surface area contributed by atoms with Crippen LogP contribution in [0.15, 0.2) is 12.7 Å².